The van der Waals surface area contributed by atoms with E-state index in [0.717, 1.165) is 24.5 Å². The molecule has 0 atom stereocenters. The topological polar surface area (TPSA) is 51.0 Å². The fraction of sp³-hybridized carbons (Fsp3) is 0.429. The molecule has 1 aromatic carbocycles. The number of hydrogen-bond donors (Lipinski definition) is 1. The van der Waals surface area contributed by atoms with Crippen LogP contribution in [-0.2, 0) is 6.42 Å². The highest BCUT2D eigenvalue weighted by atomic mass is 16.5. The molecule has 18 heavy (non-hydrogen) atoms. The van der Waals surface area contributed by atoms with Crippen molar-refractivity contribution in [1.82, 2.24) is 10.1 Å². The number of benzene rings is 1. The van der Waals surface area contributed by atoms with Crippen molar-refractivity contribution in [3.05, 3.63) is 41.5 Å². The zero-order valence-electron chi connectivity index (χ0n) is 11.1. The lowest BCUT2D eigenvalue weighted by molar-refractivity contribution is 0.373. The standard InChI is InChI=1S/C14H19N3O/c1-10(2)14-16-13(18-17-14)8-9-15-12-7-5-4-6-11(12)3/h4-7,10,15H,8-9H2,1-3H3. The monoisotopic (exact) mass is 245 g/mol. The second-order valence-electron chi connectivity index (χ2n) is 4.69. The van der Waals surface area contributed by atoms with E-state index in [4.69, 9.17) is 4.52 Å². The molecule has 2 aromatic rings. The van der Waals surface area contributed by atoms with Gasteiger partial charge in [0, 0.05) is 24.6 Å². The normalized spacial score (nSPS) is 10.9. The van der Waals surface area contributed by atoms with Gasteiger partial charge in [-0.1, -0.05) is 37.2 Å². The van der Waals surface area contributed by atoms with E-state index in [9.17, 15) is 0 Å². The first-order chi connectivity index (χ1) is 8.66. The number of anilines is 1. The Morgan fingerprint density at radius 1 is 1.28 bits per heavy atom. The summed E-state index contributed by atoms with van der Waals surface area (Å²) in [5.74, 6) is 1.78. The highest BCUT2D eigenvalue weighted by Gasteiger charge is 2.09. The van der Waals surface area contributed by atoms with Crippen LogP contribution in [0.2, 0.25) is 0 Å². The third kappa shape index (κ3) is 3.09. The van der Waals surface area contributed by atoms with Crippen molar-refractivity contribution in [2.24, 2.45) is 0 Å². The summed E-state index contributed by atoms with van der Waals surface area (Å²) in [6.07, 6.45) is 0.744. The van der Waals surface area contributed by atoms with E-state index in [2.05, 4.69) is 48.4 Å². The smallest absolute Gasteiger partial charge is 0.228 e. The molecule has 0 saturated heterocycles. The fourth-order valence-corrected chi connectivity index (χ4v) is 1.68. The lowest BCUT2D eigenvalue weighted by Gasteiger charge is -2.07. The van der Waals surface area contributed by atoms with Crippen molar-refractivity contribution < 1.29 is 4.52 Å². The molecule has 2 rings (SSSR count). The van der Waals surface area contributed by atoms with Crippen molar-refractivity contribution in [2.45, 2.75) is 33.1 Å². The van der Waals surface area contributed by atoms with Gasteiger partial charge >= 0.3 is 0 Å². The zero-order chi connectivity index (χ0) is 13.0. The number of aryl methyl sites for hydroxylation is 1. The summed E-state index contributed by atoms with van der Waals surface area (Å²) in [6.45, 7) is 7.00. The largest absolute Gasteiger partial charge is 0.384 e. The quantitative estimate of drug-likeness (QED) is 0.879. The van der Waals surface area contributed by atoms with Crippen LogP contribution in [0.5, 0.6) is 0 Å². The third-order valence-corrected chi connectivity index (χ3v) is 2.80. The molecule has 0 spiro atoms. The van der Waals surface area contributed by atoms with Crippen molar-refractivity contribution in [3.8, 4) is 0 Å². The predicted octanol–water partition coefficient (Wildman–Crippen LogP) is 3.16. The van der Waals surface area contributed by atoms with Gasteiger partial charge < -0.3 is 9.84 Å². The summed E-state index contributed by atoms with van der Waals surface area (Å²) in [7, 11) is 0. The summed E-state index contributed by atoms with van der Waals surface area (Å²) < 4.78 is 5.19. The minimum atomic E-state index is 0.312. The second-order valence-corrected chi connectivity index (χ2v) is 4.69. The number of nitrogens with one attached hydrogen (secondary N) is 1. The van der Waals surface area contributed by atoms with Crippen LogP contribution in [0.15, 0.2) is 28.8 Å². The molecule has 0 saturated carbocycles. The van der Waals surface area contributed by atoms with Gasteiger partial charge in [-0.05, 0) is 18.6 Å². The van der Waals surface area contributed by atoms with Crippen molar-refractivity contribution >= 4 is 5.69 Å². The zero-order valence-corrected chi connectivity index (χ0v) is 11.1. The van der Waals surface area contributed by atoms with Crippen LogP contribution < -0.4 is 5.32 Å². The van der Waals surface area contributed by atoms with Crippen LogP contribution in [0.3, 0.4) is 0 Å². The first kappa shape index (κ1) is 12.6. The van der Waals surface area contributed by atoms with Gasteiger partial charge in [0.15, 0.2) is 5.82 Å². The Labute approximate surface area is 107 Å². The Balaban J connectivity index is 1.87. The maximum absolute atomic E-state index is 5.19. The van der Waals surface area contributed by atoms with E-state index in [1.807, 2.05) is 12.1 Å². The molecule has 0 aliphatic carbocycles. The number of para-hydroxylation sites is 1. The van der Waals surface area contributed by atoms with Crippen LogP contribution in [-0.4, -0.2) is 16.7 Å². The number of nitrogens with zero attached hydrogens (tertiary/aromatic N) is 2. The Hall–Kier alpha value is -1.84. The van der Waals surface area contributed by atoms with E-state index >= 15 is 0 Å². The molecule has 0 unspecified atom stereocenters. The minimum Gasteiger partial charge on any atom is -0.384 e. The molecule has 1 heterocycles. The number of aromatic nitrogens is 2. The molecule has 0 bridgehead atoms. The van der Waals surface area contributed by atoms with Gasteiger partial charge in [0.2, 0.25) is 5.89 Å². The maximum Gasteiger partial charge on any atom is 0.228 e. The molecular weight excluding hydrogens is 226 g/mol. The summed E-state index contributed by atoms with van der Waals surface area (Å²) in [5, 5.41) is 7.32. The molecule has 4 heteroatoms. The van der Waals surface area contributed by atoms with E-state index in [-0.39, 0.29) is 0 Å². The number of hydrogen-bond acceptors (Lipinski definition) is 4. The summed E-state index contributed by atoms with van der Waals surface area (Å²) >= 11 is 0. The van der Waals surface area contributed by atoms with E-state index < -0.39 is 0 Å². The molecule has 4 nitrogen and oxygen atoms in total. The molecular formula is C14H19N3O. The van der Waals surface area contributed by atoms with Crippen LogP contribution in [0.4, 0.5) is 5.69 Å². The van der Waals surface area contributed by atoms with Crippen molar-refractivity contribution in [2.75, 3.05) is 11.9 Å². The van der Waals surface area contributed by atoms with Gasteiger partial charge in [-0.2, -0.15) is 4.98 Å². The average molecular weight is 245 g/mol. The SMILES string of the molecule is Cc1ccccc1NCCc1nc(C(C)C)no1. The van der Waals surface area contributed by atoms with Gasteiger partial charge in [-0.25, -0.2) is 0 Å². The molecule has 0 aliphatic rings. The van der Waals surface area contributed by atoms with Gasteiger partial charge in [0.1, 0.15) is 0 Å². The minimum absolute atomic E-state index is 0.312. The molecule has 0 fully saturated rings. The summed E-state index contributed by atoms with van der Waals surface area (Å²) in [5.41, 5.74) is 2.40. The van der Waals surface area contributed by atoms with Crippen LogP contribution in [0.25, 0.3) is 0 Å². The van der Waals surface area contributed by atoms with E-state index in [1.54, 1.807) is 0 Å². The second kappa shape index (κ2) is 5.67. The molecule has 0 aliphatic heterocycles. The lowest BCUT2D eigenvalue weighted by Crippen LogP contribution is -2.06. The lowest BCUT2D eigenvalue weighted by atomic mass is 10.2. The van der Waals surface area contributed by atoms with Crippen molar-refractivity contribution in [3.63, 3.8) is 0 Å². The molecule has 1 N–H and O–H groups in total. The average Bonchev–Trinajstić information content (AvgIpc) is 2.80. The summed E-state index contributed by atoms with van der Waals surface area (Å²) in [4.78, 5) is 4.35. The van der Waals surface area contributed by atoms with Crippen LogP contribution >= 0.6 is 0 Å². The van der Waals surface area contributed by atoms with Crippen LogP contribution in [0, 0.1) is 6.92 Å². The Kier molecular flexibility index (Phi) is 3.97. The van der Waals surface area contributed by atoms with Crippen molar-refractivity contribution in [1.29, 1.82) is 0 Å². The van der Waals surface area contributed by atoms with Gasteiger partial charge in [0.25, 0.3) is 0 Å². The van der Waals surface area contributed by atoms with Gasteiger partial charge in [0.05, 0.1) is 0 Å². The predicted molar refractivity (Wildman–Crippen MR) is 71.8 cm³/mol. The molecule has 0 amide bonds. The number of rotatable bonds is 5. The fourth-order valence-electron chi connectivity index (χ4n) is 1.68. The van der Waals surface area contributed by atoms with E-state index in [1.165, 1.54) is 5.56 Å². The van der Waals surface area contributed by atoms with Crippen LogP contribution in [0.1, 0.15) is 37.0 Å². The first-order valence-corrected chi connectivity index (χ1v) is 6.29. The van der Waals surface area contributed by atoms with Gasteiger partial charge in [-0.15, -0.1) is 0 Å². The Bertz CT molecular complexity index is 505. The third-order valence-electron chi connectivity index (χ3n) is 2.80. The van der Waals surface area contributed by atoms with Gasteiger partial charge in [-0.3, -0.25) is 0 Å². The highest BCUT2D eigenvalue weighted by Crippen LogP contribution is 2.13. The maximum atomic E-state index is 5.19. The first-order valence-electron chi connectivity index (χ1n) is 6.29. The summed E-state index contributed by atoms with van der Waals surface area (Å²) in [6, 6.07) is 8.22. The molecule has 96 valence electrons. The van der Waals surface area contributed by atoms with E-state index in [0.29, 0.717) is 11.8 Å². The molecule has 1 aromatic heterocycles. The Morgan fingerprint density at radius 3 is 2.72 bits per heavy atom. The Morgan fingerprint density at radius 2 is 2.06 bits per heavy atom. The highest BCUT2D eigenvalue weighted by molar-refractivity contribution is 5.50. The molecule has 0 radical (unpaired) electrons.